The molecule has 6 rings (SSSR count). The van der Waals surface area contributed by atoms with Gasteiger partial charge in [0.15, 0.2) is 16.5 Å². The van der Waals surface area contributed by atoms with E-state index < -0.39 is 22.8 Å². The Balaban J connectivity index is 1.44. The van der Waals surface area contributed by atoms with Crippen LogP contribution < -0.4 is 10.7 Å². The van der Waals surface area contributed by atoms with Crippen molar-refractivity contribution in [2.75, 3.05) is 6.54 Å². The second kappa shape index (κ2) is 7.16. The Kier molecular flexibility index (Phi) is 4.43. The first kappa shape index (κ1) is 20.4. The number of nitrogens with one attached hydrogen (secondary N) is 1. The minimum atomic E-state index is -0.680. The van der Waals surface area contributed by atoms with E-state index in [2.05, 4.69) is 15.5 Å². The number of aromatic nitrogens is 3. The number of halogens is 2. The van der Waals surface area contributed by atoms with Crippen LogP contribution in [0.4, 0.5) is 8.78 Å². The molecule has 0 bridgehead atoms. The summed E-state index contributed by atoms with van der Waals surface area (Å²) in [5, 5.41) is 23.2. The Morgan fingerprint density at radius 3 is 2.88 bits per heavy atom. The summed E-state index contributed by atoms with van der Waals surface area (Å²) in [7, 11) is 0. The predicted octanol–water partition coefficient (Wildman–Crippen LogP) is 2.20. The molecule has 170 valence electrons. The number of hydrogen-bond donors (Lipinski definition) is 2. The lowest BCUT2D eigenvalue weighted by Crippen LogP contribution is -2.52. The van der Waals surface area contributed by atoms with Crippen molar-refractivity contribution in [1.82, 2.24) is 25.0 Å². The molecule has 1 amide bonds. The van der Waals surface area contributed by atoms with Crippen molar-refractivity contribution in [1.29, 1.82) is 0 Å². The number of hydrogen-bond acceptors (Lipinski definition) is 7. The van der Waals surface area contributed by atoms with Crippen LogP contribution in [0.1, 0.15) is 46.1 Å². The highest BCUT2D eigenvalue weighted by Gasteiger charge is 2.50. The van der Waals surface area contributed by atoms with Gasteiger partial charge in [0.05, 0.1) is 11.6 Å². The second-order valence-corrected chi connectivity index (χ2v) is 9.71. The van der Waals surface area contributed by atoms with E-state index in [1.807, 2.05) is 6.92 Å². The van der Waals surface area contributed by atoms with Gasteiger partial charge in [-0.2, -0.15) is 0 Å². The van der Waals surface area contributed by atoms with Crippen molar-refractivity contribution in [2.24, 2.45) is 0 Å². The molecule has 1 fully saturated rings. The Bertz CT molecular complexity index is 1390. The Labute approximate surface area is 190 Å². The fourth-order valence-electron chi connectivity index (χ4n) is 5.26. The van der Waals surface area contributed by atoms with Crippen molar-refractivity contribution in [2.45, 2.75) is 44.4 Å². The van der Waals surface area contributed by atoms with Gasteiger partial charge in [-0.25, -0.2) is 8.78 Å². The highest BCUT2D eigenvalue weighted by Crippen LogP contribution is 2.43. The van der Waals surface area contributed by atoms with Crippen LogP contribution in [-0.2, 0) is 12.8 Å². The molecule has 5 heterocycles. The monoisotopic (exact) mass is 471 g/mol. The van der Waals surface area contributed by atoms with E-state index in [9.17, 15) is 23.5 Å². The smallest absolute Gasteiger partial charge is 0.276 e. The average molecular weight is 471 g/mol. The summed E-state index contributed by atoms with van der Waals surface area (Å²) >= 11 is 1.12. The molecule has 8 nitrogen and oxygen atoms in total. The van der Waals surface area contributed by atoms with Crippen molar-refractivity contribution in [3.05, 3.63) is 62.0 Å². The minimum Gasteiger partial charge on any atom is -0.503 e. The summed E-state index contributed by atoms with van der Waals surface area (Å²) in [5.74, 6) is -2.28. The fourth-order valence-corrected chi connectivity index (χ4v) is 6.19. The van der Waals surface area contributed by atoms with Gasteiger partial charge in [0.1, 0.15) is 22.8 Å². The molecule has 3 aliphatic rings. The molecule has 0 radical (unpaired) electrons. The minimum absolute atomic E-state index is 0.0335. The quantitative estimate of drug-likeness (QED) is 0.608. The fraction of sp³-hybridized carbons (Fsp3) is 0.364. The summed E-state index contributed by atoms with van der Waals surface area (Å²) in [5.41, 5.74) is 0.531. The summed E-state index contributed by atoms with van der Waals surface area (Å²) in [6.45, 7) is 2.58. The number of benzene rings is 1. The molecule has 2 unspecified atom stereocenters. The SMILES string of the molecule is C[C@H]1CNC2C3CCc4c(-c5nnc(Cc6ccc(F)cc6F)s5)c(=O)c(O)c(n43)C(=O)N21. The zero-order valence-corrected chi connectivity index (χ0v) is 18.3. The van der Waals surface area contributed by atoms with Crippen LogP contribution in [0.5, 0.6) is 5.75 Å². The molecular weight excluding hydrogens is 452 g/mol. The lowest BCUT2D eigenvalue weighted by atomic mass is 10.1. The van der Waals surface area contributed by atoms with E-state index in [0.29, 0.717) is 35.1 Å². The standard InChI is InChI=1S/C22H19F2N5O3S/c1-9-8-25-20-14-5-4-13-16(18(30)19(31)17(29(13)14)22(32)28(9)20)21-27-26-15(33-21)6-10-2-3-11(23)7-12(10)24/h2-3,7,9,14,20,25,31H,4-6,8H2,1H3/t9-,14?,20?/m0/s1. The lowest BCUT2D eigenvalue weighted by molar-refractivity contribution is 0.0526. The van der Waals surface area contributed by atoms with Crippen LogP contribution in [0.25, 0.3) is 10.6 Å². The maximum Gasteiger partial charge on any atom is 0.276 e. The van der Waals surface area contributed by atoms with Crippen LogP contribution in [0.15, 0.2) is 23.0 Å². The van der Waals surface area contributed by atoms with Crippen LogP contribution >= 0.6 is 11.3 Å². The van der Waals surface area contributed by atoms with Crippen molar-refractivity contribution >= 4 is 17.2 Å². The molecule has 0 aliphatic carbocycles. The number of carbonyl (C=O) groups is 1. The molecular formula is C22H19F2N5O3S. The summed E-state index contributed by atoms with van der Waals surface area (Å²) in [4.78, 5) is 28.1. The summed E-state index contributed by atoms with van der Waals surface area (Å²) in [6, 6.07) is 3.20. The number of nitrogens with zero attached hydrogens (tertiary/aromatic N) is 4. The first-order valence-corrected chi connectivity index (χ1v) is 11.5. The Morgan fingerprint density at radius 2 is 2.09 bits per heavy atom. The first-order valence-electron chi connectivity index (χ1n) is 10.7. The van der Waals surface area contributed by atoms with Gasteiger partial charge in [0, 0.05) is 30.8 Å². The van der Waals surface area contributed by atoms with Gasteiger partial charge < -0.3 is 14.6 Å². The maximum atomic E-state index is 14.1. The first-order chi connectivity index (χ1) is 15.8. The number of rotatable bonds is 3. The van der Waals surface area contributed by atoms with E-state index >= 15 is 0 Å². The third kappa shape index (κ3) is 2.88. The molecule has 0 saturated carbocycles. The van der Waals surface area contributed by atoms with Crippen molar-refractivity contribution < 1.29 is 18.7 Å². The molecule has 2 aromatic heterocycles. The van der Waals surface area contributed by atoms with Crippen LogP contribution in [0, 0.1) is 11.6 Å². The van der Waals surface area contributed by atoms with Gasteiger partial charge >= 0.3 is 0 Å². The van der Waals surface area contributed by atoms with Gasteiger partial charge in [-0.15, -0.1) is 10.2 Å². The third-order valence-corrected chi connectivity index (χ3v) is 7.67. The van der Waals surface area contributed by atoms with E-state index in [4.69, 9.17) is 0 Å². The summed E-state index contributed by atoms with van der Waals surface area (Å²) < 4.78 is 29.0. The maximum absolute atomic E-state index is 14.1. The van der Waals surface area contributed by atoms with Crippen LogP contribution in [0.2, 0.25) is 0 Å². The van der Waals surface area contributed by atoms with Gasteiger partial charge in [-0.05, 0) is 31.4 Å². The number of aromatic hydroxyl groups is 1. The summed E-state index contributed by atoms with van der Waals surface area (Å²) in [6.07, 6.45) is 1.17. The van der Waals surface area contributed by atoms with Gasteiger partial charge in [-0.1, -0.05) is 17.4 Å². The molecule has 0 spiro atoms. The van der Waals surface area contributed by atoms with Gasteiger partial charge in [0.25, 0.3) is 5.91 Å². The molecule has 33 heavy (non-hydrogen) atoms. The molecule has 3 atom stereocenters. The number of fused-ring (bicyclic) bond motifs is 2. The van der Waals surface area contributed by atoms with Gasteiger partial charge in [0.2, 0.25) is 5.43 Å². The van der Waals surface area contributed by atoms with Gasteiger partial charge in [-0.3, -0.25) is 14.9 Å². The molecule has 1 aromatic carbocycles. The highest BCUT2D eigenvalue weighted by molar-refractivity contribution is 7.14. The van der Waals surface area contributed by atoms with Crippen LogP contribution in [-0.4, -0.2) is 49.4 Å². The molecule has 2 N–H and O–H groups in total. The largest absolute Gasteiger partial charge is 0.503 e. The molecule has 3 aliphatic heterocycles. The normalized spacial score (nSPS) is 23.2. The van der Waals surface area contributed by atoms with E-state index in [0.717, 1.165) is 17.4 Å². The van der Waals surface area contributed by atoms with E-state index in [-0.39, 0.29) is 47.4 Å². The number of carbonyl (C=O) groups excluding carboxylic acids is 1. The Hall–Kier alpha value is -3.18. The number of amides is 1. The van der Waals surface area contributed by atoms with E-state index in [1.54, 1.807) is 9.47 Å². The topological polar surface area (TPSA) is 100 Å². The van der Waals surface area contributed by atoms with Crippen LogP contribution in [0.3, 0.4) is 0 Å². The third-order valence-electron chi connectivity index (χ3n) is 6.73. The second-order valence-electron chi connectivity index (χ2n) is 8.65. The molecule has 3 aromatic rings. The lowest BCUT2D eigenvalue weighted by Gasteiger charge is -2.39. The predicted molar refractivity (Wildman–Crippen MR) is 115 cm³/mol. The average Bonchev–Trinajstić information content (AvgIpc) is 3.50. The zero-order chi connectivity index (χ0) is 23.0. The van der Waals surface area contributed by atoms with Crippen molar-refractivity contribution in [3.8, 4) is 16.3 Å². The zero-order valence-electron chi connectivity index (χ0n) is 17.5. The molecule has 11 heteroatoms. The van der Waals surface area contributed by atoms with Crippen molar-refractivity contribution in [3.63, 3.8) is 0 Å². The molecule has 1 saturated heterocycles. The highest BCUT2D eigenvalue weighted by atomic mass is 32.1. The Morgan fingerprint density at radius 1 is 1.27 bits per heavy atom. The number of pyridine rings is 1. The van der Waals surface area contributed by atoms with E-state index in [1.165, 1.54) is 12.1 Å².